The van der Waals surface area contributed by atoms with Crippen LogP contribution < -0.4 is 0 Å². The summed E-state index contributed by atoms with van der Waals surface area (Å²) in [5, 5.41) is 0. The van der Waals surface area contributed by atoms with Crippen molar-refractivity contribution >= 4 is 11.8 Å². The Morgan fingerprint density at radius 2 is 2.19 bits per heavy atom. The van der Waals surface area contributed by atoms with Gasteiger partial charge in [0.1, 0.15) is 5.78 Å². The van der Waals surface area contributed by atoms with E-state index in [0.717, 1.165) is 25.7 Å². The molecule has 2 fully saturated rings. The number of Topliss-reactive ketones (excluding diaryl/α,β-unsaturated/α-hetero) is 1. The summed E-state index contributed by atoms with van der Waals surface area (Å²) in [6, 6.07) is 0. The van der Waals surface area contributed by atoms with Crippen molar-refractivity contribution in [1.82, 2.24) is 0 Å². The van der Waals surface area contributed by atoms with Crippen molar-refractivity contribution in [1.29, 1.82) is 0 Å². The normalized spacial score (nSPS) is 33.6. The Hall–Kier alpha value is -0.860. The molecule has 0 aromatic heterocycles. The lowest BCUT2D eigenvalue weighted by Crippen LogP contribution is -2.29. The van der Waals surface area contributed by atoms with Gasteiger partial charge in [-0.2, -0.15) is 0 Å². The molecule has 2 saturated carbocycles. The Labute approximate surface area is 96.5 Å². The Balaban J connectivity index is 1.92. The smallest absolute Gasteiger partial charge is 0.305 e. The molecule has 0 spiro atoms. The van der Waals surface area contributed by atoms with Gasteiger partial charge < -0.3 is 4.74 Å². The molecule has 90 valence electrons. The number of ketones is 1. The van der Waals surface area contributed by atoms with E-state index in [4.69, 9.17) is 0 Å². The monoisotopic (exact) mass is 224 g/mol. The third kappa shape index (κ3) is 2.28. The molecule has 3 nitrogen and oxygen atoms in total. The number of carbonyl (C=O) groups is 2. The van der Waals surface area contributed by atoms with Crippen LogP contribution in [0.2, 0.25) is 0 Å². The molecule has 16 heavy (non-hydrogen) atoms. The average molecular weight is 224 g/mol. The predicted molar refractivity (Wildman–Crippen MR) is 59.8 cm³/mol. The summed E-state index contributed by atoms with van der Waals surface area (Å²) in [7, 11) is 1.42. The van der Waals surface area contributed by atoms with Gasteiger partial charge >= 0.3 is 5.97 Å². The highest BCUT2D eigenvalue weighted by Gasteiger charge is 2.41. The highest BCUT2D eigenvalue weighted by atomic mass is 16.5. The van der Waals surface area contributed by atoms with Crippen LogP contribution in [0.3, 0.4) is 0 Å². The van der Waals surface area contributed by atoms with Crippen LogP contribution in [0.25, 0.3) is 0 Å². The zero-order valence-electron chi connectivity index (χ0n) is 9.91. The average Bonchev–Trinajstić information content (AvgIpc) is 2.69. The molecule has 0 radical (unpaired) electrons. The zero-order valence-corrected chi connectivity index (χ0v) is 9.91. The number of ether oxygens (including phenoxy) is 1. The molecule has 0 heterocycles. The number of methoxy groups -OCH3 is 1. The maximum atomic E-state index is 11.8. The first-order chi connectivity index (χ1) is 7.72. The van der Waals surface area contributed by atoms with E-state index in [2.05, 4.69) is 4.74 Å². The summed E-state index contributed by atoms with van der Waals surface area (Å²) >= 11 is 0. The summed E-state index contributed by atoms with van der Waals surface area (Å²) in [5.41, 5.74) is 0. The van der Waals surface area contributed by atoms with Gasteiger partial charge in [0.05, 0.1) is 7.11 Å². The fourth-order valence-electron chi connectivity index (χ4n) is 3.46. The molecule has 0 N–H and O–H groups in total. The topological polar surface area (TPSA) is 43.4 Å². The molecule has 0 saturated heterocycles. The van der Waals surface area contributed by atoms with Crippen LogP contribution >= 0.6 is 0 Å². The van der Waals surface area contributed by atoms with Crippen molar-refractivity contribution in [3.63, 3.8) is 0 Å². The Bertz CT molecular complexity index is 285. The summed E-state index contributed by atoms with van der Waals surface area (Å²) in [6.45, 7) is 0. The van der Waals surface area contributed by atoms with Crippen molar-refractivity contribution in [2.45, 2.75) is 44.9 Å². The molecular formula is C13H20O3. The molecule has 1 unspecified atom stereocenters. The number of rotatable bonds is 3. The molecule has 3 heteroatoms. The van der Waals surface area contributed by atoms with Gasteiger partial charge in [-0.15, -0.1) is 0 Å². The summed E-state index contributed by atoms with van der Waals surface area (Å²) in [4.78, 5) is 22.9. The number of carbonyl (C=O) groups excluding carboxylic acids is 2. The van der Waals surface area contributed by atoms with Crippen LogP contribution in [-0.4, -0.2) is 18.9 Å². The van der Waals surface area contributed by atoms with Gasteiger partial charge in [0.2, 0.25) is 0 Å². The molecule has 3 atom stereocenters. The van der Waals surface area contributed by atoms with Crippen LogP contribution in [0.15, 0.2) is 0 Å². The maximum absolute atomic E-state index is 11.8. The van der Waals surface area contributed by atoms with E-state index in [-0.39, 0.29) is 11.9 Å². The quantitative estimate of drug-likeness (QED) is 0.691. The molecule has 2 aliphatic carbocycles. The second-order valence-electron chi connectivity index (χ2n) is 5.10. The number of hydrogen-bond acceptors (Lipinski definition) is 3. The fraction of sp³-hybridized carbons (Fsp3) is 0.846. The van der Waals surface area contributed by atoms with Gasteiger partial charge in [0.15, 0.2) is 0 Å². The van der Waals surface area contributed by atoms with Gasteiger partial charge in [-0.1, -0.05) is 6.42 Å². The van der Waals surface area contributed by atoms with E-state index in [9.17, 15) is 9.59 Å². The Kier molecular flexibility index (Phi) is 3.62. The van der Waals surface area contributed by atoms with Crippen molar-refractivity contribution < 1.29 is 14.3 Å². The van der Waals surface area contributed by atoms with E-state index in [1.165, 1.54) is 20.0 Å². The molecule has 0 aromatic carbocycles. The third-order valence-corrected chi connectivity index (χ3v) is 4.25. The minimum atomic E-state index is -0.146. The van der Waals surface area contributed by atoms with Gasteiger partial charge in [0, 0.05) is 18.8 Å². The Morgan fingerprint density at radius 3 is 2.94 bits per heavy atom. The van der Waals surface area contributed by atoms with Crippen LogP contribution in [0, 0.1) is 17.8 Å². The minimum Gasteiger partial charge on any atom is -0.469 e. The zero-order chi connectivity index (χ0) is 11.5. The van der Waals surface area contributed by atoms with Crippen molar-refractivity contribution in [2.75, 3.05) is 7.11 Å². The minimum absolute atomic E-state index is 0.146. The highest BCUT2D eigenvalue weighted by Crippen LogP contribution is 2.45. The molecule has 0 bridgehead atoms. The lowest BCUT2D eigenvalue weighted by molar-refractivity contribution is -0.141. The van der Waals surface area contributed by atoms with Crippen LogP contribution in [0.4, 0.5) is 0 Å². The molecular weight excluding hydrogens is 204 g/mol. The van der Waals surface area contributed by atoms with Crippen molar-refractivity contribution in [3.05, 3.63) is 0 Å². The third-order valence-electron chi connectivity index (χ3n) is 4.25. The summed E-state index contributed by atoms with van der Waals surface area (Å²) < 4.78 is 4.66. The van der Waals surface area contributed by atoms with E-state index in [1.807, 2.05) is 0 Å². The van der Waals surface area contributed by atoms with Crippen molar-refractivity contribution in [2.24, 2.45) is 17.8 Å². The SMILES string of the molecule is COC(=O)CCC1CCC[C@@H]2CCC(=O)[C@H]12. The second-order valence-corrected chi connectivity index (χ2v) is 5.10. The number of fused-ring (bicyclic) bond motifs is 1. The van der Waals surface area contributed by atoms with Crippen LogP contribution in [-0.2, 0) is 14.3 Å². The van der Waals surface area contributed by atoms with Gasteiger partial charge in [-0.3, -0.25) is 9.59 Å². The van der Waals surface area contributed by atoms with Crippen LogP contribution in [0.5, 0.6) is 0 Å². The molecule has 0 aliphatic heterocycles. The van der Waals surface area contributed by atoms with Gasteiger partial charge in [-0.25, -0.2) is 0 Å². The van der Waals surface area contributed by atoms with E-state index in [0.29, 0.717) is 24.0 Å². The van der Waals surface area contributed by atoms with Gasteiger partial charge in [-0.05, 0) is 37.5 Å². The summed E-state index contributed by atoms with van der Waals surface area (Å²) in [5.74, 6) is 1.61. The Morgan fingerprint density at radius 1 is 1.38 bits per heavy atom. The molecule has 0 aromatic rings. The maximum Gasteiger partial charge on any atom is 0.305 e. The molecule has 2 rings (SSSR count). The lowest BCUT2D eigenvalue weighted by Gasteiger charge is -2.32. The largest absolute Gasteiger partial charge is 0.469 e. The predicted octanol–water partition coefficient (Wildman–Crippen LogP) is 2.33. The van der Waals surface area contributed by atoms with E-state index in [1.54, 1.807) is 0 Å². The summed E-state index contributed by atoms with van der Waals surface area (Å²) in [6.07, 6.45) is 6.70. The first-order valence-corrected chi connectivity index (χ1v) is 6.32. The number of hydrogen-bond donors (Lipinski definition) is 0. The first-order valence-electron chi connectivity index (χ1n) is 6.32. The second kappa shape index (κ2) is 4.98. The lowest BCUT2D eigenvalue weighted by atomic mass is 9.72. The fourth-order valence-corrected chi connectivity index (χ4v) is 3.46. The van der Waals surface area contributed by atoms with E-state index >= 15 is 0 Å². The number of esters is 1. The van der Waals surface area contributed by atoms with E-state index < -0.39 is 0 Å². The highest BCUT2D eigenvalue weighted by molar-refractivity contribution is 5.83. The van der Waals surface area contributed by atoms with Crippen LogP contribution in [0.1, 0.15) is 44.9 Å². The standard InChI is InChI=1S/C13H20O3/c1-16-12(15)8-6-10-4-2-3-9-5-7-11(14)13(9)10/h9-10,13H,2-8H2,1H3/t9-,10?,13+/m1/s1. The molecule has 2 aliphatic rings. The first kappa shape index (κ1) is 11.6. The molecule has 0 amide bonds. The van der Waals surface area contributed by atoms with Crippen molar-refractivity contribution in [3.8, 4) is 0 Å². The van der Waals surface area contributed by atoms with Gasteiger partial charge in [0.25, 0.3) is 0 Å².